The summed E-state index contributed by atoms with van der Waals surface area (Å²) in [6.45, 7) is 3.17. The van der Waals surface area contributed by atoms with E-state index in [0.29, 0.717) is 24.4 Å². The van der Waals surface area contributed by atoms with Gasteiger partial charge in [-0.15, -0.1) is 0 Å². The van der Waals surface area contributed by atoms with Crippen LogP contribution in [0, 0.1) is 0 Å². The maximum absolute atomic E-state index is 12.6. The second-order valence-corrected chi connectivity index (χ2v) is 4.50. The number of nitrogens with one attached hydrogen (secondary N) is 1. The van der Waals surface area contributed by atoms with Crippen LogP contribution in [0.1, 0.15) is 25.8 Å². The first-order chi connectivity index (χ1) is 10.3. The van der Waals surface area contributed by atoms with E-state index in [1.165, 1.54) is 0 Å². The van der Waals surface area contributed by atoms with E-state index >= 15 is 0 Å². The van der Waals surface area contributed by atoms with E-state index < -0.39 is 29.8 Å². The second-order valence-electron chi connectivity index (χ2n) is 4.50. The van der Waals surface area contributed by atoms with Gasteiger partial charge in [0.15, 0.2) is 0 Å². The number of nitrogens with zero attached hydrogens (tertiary/aromatic N) is 1. The van der Waals surface area contributed by atoms with Crippen LogP contribution in [0.2, 0.25) is 0 Å². The molecule has 0 spiro atoms. The fourth-order valence-electron chi connectivity index (χ4n) is 1.74. The molecule has 1 amide bonds. The molecule has 0 aliphatic heterocycles. The van der Waals surface area contributed by atoms with Crippen LogP contribution < -0.4 is 10.9 Å². The van der Waals surface area contributed by atoms with Crippen molar-refractivity contribution in [2.24, 2.45) is 0 Å². The van der Waals surface area contributed by atoms with Crippen molar-refractivity contribution >= 4 is 5.91 Å². The fourth-order valence-corrected chi connectivity index (χ4v) is 1.74. The Kier molecular flexibility index (Phi) is 6.15. The van der Waals surface area contributed by atoms with Crippen LogP contribution in [0.15, 0.2) is 47.0 Å². The normalized spacial score (nSPS) is 12.7. The number of amides is 1. The average Bonchev–Trinajstić information content (AvgIpc) is 2.40. The minimum Gasteiger partial charge on any atom is -0.325 e. The number of allylic oxidation sites excluding steroid dienone is 3. The molecular formula is C15H17F3N2O2. The standard InChI is InChI=1S/C15H17F3N2O2/c1-3-5-12(6-4-2)19-13(21)10-20-9-11(15(16,17)18)7-8-14(20)22/h3,5-9H,4,10H2,1-2H3,(H,19,21)/b5-3-,12-6+. The minimum absolute atomic E-state index is 0.485. The summed E-state index contributed by atoms with van der Waals surface area (Å²) in [5, 5.41) is 2.55. The van der Waals surface area contributed by atoms with Crippen molar-refractivity contribution in [2.45, 2.75) is 33.0 Å². The van der Waals surface area contributed by atoms with Gasteiger partial charge in [0.25, 0.3) is 5.56 Å². The van der Waals surface area contributed by atoms with Gasteiger partial charge in [-0.2, -0.15) is 13.2 Å². The third kappa shape index (κ3) is 5.23. The van der Waals surface area contributed by atoms with Gasteiger partial charge in [0.2, 0.25) is 5.91 Å². The Bertz CT molecular complexity index is 643. The molecule has 0 aliphatic carbocycles. The molecule has 0 aliphatic rings. The molecular weight excluding hydrogens is 297 g/mol. The first-order valence-electron chi connectivity index (χ1n) is 6.68. The number of pyridine rings is 1. The summed E-state index contributed by atoms with van der Waals surface area (Å²) in [4.78, 5) is 23.4. The Morgan fingerprint density at radius 3 is 2.59 bits per heavy atom. The van der Waals surface area contributed by atoms with Gasteiger partial charge in [-0.1, -0.05) is 19.1 Å². The Labute approximate surface area is 126 Å². The lowest BCUT2D eigenvalue weighted by molar-refractivity contribution is -0.138. The van der Waals surface area contributed by atoms with Crippen molar-refractivity contribution in [2.75, 3.05) is 0 Å². The van der Waals surface area contributed by atoms with E-state index in [1.807, 2.05) is 6.92 Å². The molecule has 0 saturated heterocycles. The first kappa shape index (κ1) is 17.7. The first-order valence-corrected chi connectivity index (χ1v) is 6.68. The summed E-state index contributed by atoms with van der Waals surface area (Å²) in [5.41, 5.74) is -1.11. The Balaban J connectivity index is 2.93. The minimum atomic E-state index is -4.57. The molecule has 0 bridgehead atoms. The number of rotatable bonds is 5. The van der Waals surface area contributed by atoms with E-state index in [9.17, 15) is 22.8 Å². The molecule has 22 heavy (non-hydrogen) atoms. The number of carbonyl (C=O) groups excluding carboxylic acids is 1. The van der Waals surface area contributed by atoms with Gasteiger partial charge in [-0.05, 0) is 25.5 Å². The van der Waals surface area contributed by atoms with Crippen LogP contribution in [0.5, 0.6) is 0 Å². The van der Waals surface area contributed by atoms with Crippen LogP contribution in [-0.4, -0.2) is 10.5 Å². The zero-order valence-corrected chi connectivity index (χ0v) is 12.3. The van der Waals surface area contributed by atoms with Crippen LogP contribution in [0.4, 0.5) is 13.2 Å². The highest BCUT2D eigenvalue weighted by molar-refractivity contribution is 5.78. The van der Waals surface area contributed by atoms with E-state index in [1.54, 1.807) is 25.2 Å². The van der Waals surface area contributed by atoms with Crippen LogP contribution in [0.3, 0.4) is 0 Å². The third-order valence-corrected chi connectivity index (χ3v) is 2.68. The van der Waals surface area contributed by atoms with Crippen molar-refractivity contribution in [1.29, 1.82) is 0 Å². The lowest BCUT2D eigenvalue weighted by Gasteiger charge is -2.11. The Morgan fingerprint density at radius 1 is 1.36 bits per heavy atom. The van der Waals surface area contributed by atoms with Crippen molar-refractivity contribution in [3.63, 3.8) is 0 Å². The Morgan fingerprint density at radius 2 is 2.05 bits per heavy atom. The summed E-state index contributed by atoms with van der Waals surface area (Å²) in [5.74, 6) is -0.570. The van der Waals surface area contributed by atoms with E-state index in [2.05, 4.69) is 5.32 Å². The van der Waals surface area contributed by atoms with E-state index in [-0.39, 0.29) is 0 Å². The molecule has 0 unspecified atom stereocenters. The van der Waals surface area contributed by atoms with Gasteiger partial charge in [-0.3, -0.25) is 9.59 Å². The zero-order valence-electron chi connectivity index (χ0n) is 12.3. The number of hydrogen-bond donors (Lipinski definition) is 1. The van der Waals surface area contributed by atoms with E-state index in [0.717, 1.165) is 10.6 Å². The monoisotopic (exact) mass is 314 g/mol. The SMILES string of the molecule is C/C=C\C(=C/CC)NC(=O)Cn1cc(C(F)(F)F)ccc1=O. The van der Waals surface area contributed by atoms with Gasteiger partial charge in [-0.25, -0.2) is 0 Å². The summed E-state index contributed by atoms with van der Waals surface area (Å²) < 4.78 is 38.6. The molecule has 0 aromatic carbocycles. The molecule has 0 saturated carbocycles. The highest BCUT2D eigenvalue weighted by Gasteiger charge is 2.31. The summed E-state index contributed by atoms with van der Waals surface area (Å²) in [6, 6.07) is 1.49. The quantitative estimate of drug-likeness (QED) is 0.850. The van der Waals surface area contributed by atoms with Crippen molar-refractivity contribution in [3.05, 3.63) is 58.2 Å². The number of aromatic nitrogens is 1. The number of alkyl halides is 3. The van der Waals surface area contributed by atoms with E-state index in [4.69, 9.17) is 0 Å². The maximum Gasteiger partial charge on any atom is 0.417 e. The lowest BCUT2D eigenvalue weighted by atomic mass is 10.2. The summed E-state index contributed by atoms with van der Waals surface area (Å²) >= 11 is 0. The second kappa shape index (κ2) is 7.63. The summed E-state index contributed by atoms with van der Waals surface area (Å²) in [6.07, 6.45) is 1.90. The predicted octanol–water partition coefficient (Wildman–Crippen LogP) is 2.85. The largest absolute Gasteiger partial charge is 0.417 e. The number of halogens is 3. The number of hydrogen-bond acceptors (Lipinski definition) is 2. The van der Waals surface area contributed by atoms with Gasteiger partial charge >= 0.3 is 6.18 Å². The van der Waals surface area contributed by atoms with Crippen molar-refractivity contribution in [3.8, 4) is 0 Å². The molecule has 0 radical (unpaired) electrons. The van der Waals surface area contributed by atoms with Gasteiger partial charge < -0.3 is 9.88 Å². The highest BCUT2D eigenvalue weighted by Crippen LogP contribution is 2.27. The van der Waals surface area contributed by atoms with Crippen LogP contribution in [0.25, 0.3) is 0 Å². The smallest absolute Gasteiger partial charge is 0.325 e. The predicted molar refractivity (Wildman–Crippen MR) is 77.0 cm³/mol. The van der Waals surface area contributed by atoms with Gasteiger partial charge in [0.05, 0.1) is 5.56 Å². The lowest BCUT2D eigenvalue weighted by Crippen LogP contribution is -2.31. The molecule has 1 aromatic heterocycles. The molecule has 0 atom stereocenters. The Hall–Kier alpha value is -2.31. The molecule has 120 valence electrons. The number of carbonyl (C=O) groups is 1. The van der Waals surface area contributed by atoms with Gasteiger partial charge in [0, 0.05) is 18.0 Å². The molecule has 1 heterocycles. The summed E-state index contributed by atoms with van der Waals surface area (Å²) in [7, 11) is 0. The highest BCUT2D eigenvalue weighted by atomic mass is 19.4. The van der Waals surface area contributed by atoms with Gasteiger partial charge in [0.1, 0.15) is 6.54 Å². The topological polar surface area (TPSA) is 51.1 Å². The van der Waals surface area contributed by atoms with Crippen LogP contribution in [-0.2, 0) is 17.5 Å². The maximum atomic E-state index is 12.6. The van der Waals surface area contributed by atoms with Crippen molar-refractivity contribution < 1.29 is 18.0 Å². The average molecular weight is 314 g/mol. The molecule has 1 rings (SSSR count). The molecule has 0 fully saturated rings. The molecule has 1 aromatic rings. The molecule has 4 nitrogen and oxygen atoms in total. The molecule has 1 N–H and O–H groups in total. The zero-order chi connectivity index (χ0) is 16.8. The molecule has 7 heteroatoms. The van der Waals surface area contributed by atoms with Crippen molar-refractivity contribution in [1.82, 2.24) is 9.88 Å². The fraction of sp³-hybridized carbons (Fsp3) is 0.333. The van der Waals surface area contributed by atoms with Crippen LogP contribution >= 0.6 is 0 Å². The third-order valence-electron chi connectivity index (χ3n) is 2.68.